The molecule has 0 aromatic rings. The largest absolute Gasteiger partial charge is 0.498 e. The molecule has 0 amide bonds. The molecule has 0 spiro atoms. The lowest BCUT2D eigenvalue weighted by molar-refractivity contribution is 0.622. The maximum atomic E-state index is 5.94. The van der Waals surface area contributed by atoms with Crippen LogP contribution >= 0.6 is 9.07 Å². The topological polar surface area (TPSA) is 0 Å². The van der Waals surface area contributed by atoms with Crippen LogP contribution in [0.4, 0.5) is 0 Å². The average Bonchev–Trinajstić information content (AvgIpc) is 2.11. The minimum absolute atomic E-state index is 0.204. The molecule has 0 saturated heterocycles. The van der Waals surface area contributed by atoms with Gasteiger partial charge in [0.25, 0.3) is 0 Å². The molecule has 0 saturated carbocycles. The molecule has 3 heteroatoms. The fraction of sp³-hybridized carbons (Fsp3) is 1.00. The van der Waals surface area contributed by atoms with Gasteiger partial charge in [0.1, 0.15) is 0 Å². The first-order valence-electron chi connectivity index (χ1n) is 6.18. The molecule has 0 unspecified atom stereocenters. The zero-order valence-electron chi connectivity index (χ0n) is 10.2. The van der Waals surface area contributed by atoms with Crippen LogP contribution in [-0.2, 0) is 0 Å². The van der Waals surface area contributed by atoms with Crippen molar-refractivity contribution < 1.29 is 0 Å². The van der Waals surface area contributed by atoms with Crippen molar-refractivity contribution in [2.45, 2.75) is 68.8 Å². The van der Waals surface area contributed by atoms with Gasteiger partial charge >= 0.3 is 19.3 Å². The summed E-state index contributed by atoms with van der Waals surface area (Å²) in [6.07, 6.45) is 8.61. The molecule has 0 aliphatic carbocycles. The van der Waals surface area contributed by atoms with Crippen molar-refractivity contribution in [2.75, 3.05) is 0 Å². The van der Waals surface area contributed by atoms with Gasteiger partial charge in [0, 0.05) is 8.07 Å². The van der Waals surface area contributed by atoms with Crippen LogP contribution in [0, 0.1) is 0 Å². The third-order valence-corrected chi connectivity index (χ3v) is 12.6. The van der Waals surface area contributed by atoms with E-state index in [1.807, 2.05) is 0 Å². The van der Waals surface area contributed by atoms with E-state index in [-0.39, 0.29) is 19.3 Å². The van der Waals surface area contributed by atoms with Crippen LogP contribution in [0.15, 0.2) is 0 Å². The summed E-state index contributed by atoms with van der Waals surface area (Å²) in [5.41, 5.74) is 0. The van der Waals surface area contributed by atoms with Crippen LogP contribution in [-0.4, -0.2) is 27.3 Å². The Bertz CT molecular complexity index is 128. The predicted octanol–water partition coefficient (Wildman–Crippen LogP) is 4.87. The van der Waals surface area contributed by atoms with Crippen molar-refractivity contribution in [1.82, 2.24) is 0 Å². The van der Waals surface area contributed by atoms with Crippen molar-refractivity contribution >= 4 is 36.4 Å². The Kier molecular flexibility index (Phi) is 10.4. The van der Waals surface area contributed by atoms with Gasteiger partial charge in [0.15, 0.2) is 0 Å². The summed E-state index contributed by atoms with van der Waals surface area (Å²) >= 11 is -0.204. The van der Waals surface area contributed by atoms with Gasteiger partial charge in [-0.15, -0.1) is 4.17 Å². The first-order valence-corrected chi connectivity index (χ1v) is 12.7. The summed E-state index contributed by atoms with van der Waals surface area (Å²) in [6, 6.07) is 1.51. The number of halogens is 1. The quantitative estimate of drug-likeness (QED) is 0.401. The minimum Gasteiger partial charge on any atom is -0.346 e. The van der Waals surface area contributed by atoms with Gasteiger partial charge in [-0.25, -0.2) is 0 Å². The van der Waals surface area contributed by atoms with Gasteiger partial charge in [-0.3, -0.25) is 0 Å². The average molecular weight is 245 g/mol. The fourth-order valence-electron chi connectivity index (χ4n) is 1.76. The Balaban J connectivity index is 3.26. The highest BCUT2D eigenvalue weighted by Crippen LogP contribution is 2.19. The van der Waals surface area contributed by atoms with E-state index in [4.69, 9.17) is 9.07 Å². The Hall–Kier alpha value is 1.27. The molecule has 0 bridgehead atoms. The minimum atomic E-state index is -0.842. The van der Waals surface area contributed by atoms with Gasteiger partial charge in [-0.1, -0.05) is 64.6 Å². The molecule has 0 aromatic carbocycles. The molecule has 0 rings (SSSR count). The van der Waals surface area contributed by atoms with E-state index in [9.17, 15) is 0 Å². The van der Waals surface area contributed by atoms with Crippen LogP contribution in [0.1, 0.15) is 45.4 Å². The molecule has 0 N–H and O–H groups in total. The van der Waals surface area contributed by atoms with Crippen LogP contribution in [0.25, 0.3) is 0 Å². The van der Waals surface area contributed by atoms with E-state index >= 15 is 0 Å². The lowest BCUT2D eigenvalue weighted by Crippen LogP contribution is -2.26. The van der Waals surface area contributed by atoms with Crippen LogP contribution in [0.3, 0.4) is 0 Å². The highest BCUT2D eigenvalue weighted by Gasteiger charge is 2.19. The molecule has 14 heavy (non-hydrogen) atoms. The zero-order chi connectivity index (χ0) is 10.9. The third kappa shape index (κ3) is 9.81. The molecule has 82 valence electrons. The first kappa shape index (κ1) is 15.3. The van der Waals surface area contributed by atoms with Crippen LogP contribution in [0.2, 0.25) is 23.3 Å². The van der Waals surface area contributed by atoms with Crippen molar-refractivity contribution in [3.8, 4) is 0 Å². The smallest absolute Gasteiger partial charge is 0.346 e. The van der Waals surface area contributed by atoms with E-state index < -0.39 is 8.07 Å². The maximum Gasteiger partial charge on any atom is 0.498 e. The highest BCUT2D eigenvalue weighted by atomic mass is 35.5. The normalized spacial score (nSPS) is 11.4. The summed E-state index contributed by atoms with van der Waals surface area (Å²) in [6.45, 7) is 7.30. The standard InChI is InChI=1S/C11H25Si.ClH.Mg/c1-5-6-7-8-9-10-11-12(2,3)4;;/h2,5-11H2,1,3-4H3;1H;/q;;+1/p-1. The van der Waals surface area contributed by atoms with Gasteiger partial charge in [0.2, 0.25) is 0 Å². The molecule has 0 nitrogen and oxygen atoms in total. The molecule has 0 heterocycles. The van der Waals surface area contributed by atoms with Gasteiger partial charge < -0.3 is 9.07 Å². The molecule has 0 radical (unpaired) electrons. The highest BCUT2D eigenvalue weighted by molar-refractivity contribution is 7.02. The zero-order valence-corrected chi connectivity index (χ0v) is 13.4. The van der Waals surface area contributed by atoms with Crippen LogP contribution in [0.5, 0.6) is 0 Å². The number of rotatable bonds is 9. The Morgan fingerprint density at radius 2 is 1.57 bits per heavy atom. The number of hydrogen-bond acceptors (Lipinski definition) is 0. The molecular formula is C11H25ClMgSi. The number of hydrogen-bond donors (Lipinski definition) is 0. The van der Waals surface area contributed by atoms with E-state index in [0.717, 1.165) is 0 Å². The first-order chi connectivity index (χ1) is 6.62. The SMILES string of the molecule is CCCCCCCC[Si](C)(C)[CH2][Mg][Cl]. The van der Waals surface area contributed by atoms with E-state index in [1.54, 1.807) is 0 Å². The third-order valence-electron chi connectivity index (χ3n) is 2.98. The second-order valence-corrected chi connectivity index (χ2v) is 13.5. The summed E-state index contributed by atoms with van der Waals surface area (Å²) in [4.78, 5) is 0. The molecule has 0 aliphatic heterocycles. The Morgan fingerprint density at radius 1 is 1.00 bits per heavy atom. The number of unbranched alkanes of at least 4 members (excludes halogenated alkanes) is 5. The van der Waals surface area contributed by atoms with E-state index in [0.29, 0.717) is 0 Å². The lowest BCUT2D eigenvalue weighted by Gasteiger charge is -2.21. The van der Waals surface area contributed by atoms with Crippen molar-refractivity contribution in [2.24, 2.45) is 0 Å². The summed E-state index contributed by atoms with van der Waals surface area (Å²) in [5, 5.41) is 0. The van der Waals surface area contributed by atoms with Crippen molar-refractivity contribution in [3.05, 3.63) is 0 Å². The predicted molar refractivity (Wildman–Crippen MR) is 72.1 cm³/mol. The molecule has 0 aromatic heterocycles. The van der Waals surface area contributed by atoms with E-state index in [1.165, 1.54) is 48.7 Å². The second-order valence-electron chi connectivity index (χ2n) is 5.12. The Morgan fingerprint density at radius 3 is 2.14 bits per heavy atom. The molecular weight excluding hydrogens is 220 g/mol. The second kappa shape index (κ2) is 9.50. The maximum absolute atomic E-state index is 5.94. The monoisotopic (exact) mass is 244 g/mol. The fourth-order valence-corrected chi connectivity index (χ4v) is 10.6. The van der Waals surface area contributed by atoms with Crippen molar-refractivity contribution in [3.63, 3.8) is 0 Å². The molecule has 0 atom stereocenters. The summed E-state index contributed by atoms with van der Waals surface area (Å²) in [5.74, 6) is 0. The lowest BCUT2D eigenvalue weighted by atomic mass is 10.1. The van der Waals surface area contributed by atoms with Gasteiger partial charge in [-0.05, 0) is 0 Å². The molecule has 0 aliphatic rings. The summed E-state index contributed by atoms with van der Waals surface area (Å²) in [7, 11) is 5.10. The van der Waals surface area contributed by atoms with Gasteiger partial charge in [-0.2, -0.15) is 0 Å². The van der Waals surface area contributed by atoms with E-state index in [2.05, 4.69) is 20.0 Å². The van der Waals surface area contributed by atoms with Crippen LogP contribution < -0.4 is 0 Å². The Labute approximate surface area is 105 Å². The van der Waals surface area contributed by atoms with Gasteiger partial charge in [0.05, 0.1) is 0 Å². The summed E-state index contributed by atoms with van der Waals surface area (Å²) < 4.78 is 1.43. The molecule has 0 fully saturated rings. The van der Waals surface area contributed by atoms with Crippen molar-refractivity contribution in [1.29, 1.82) is 0 Å².